The molecule has 0 radical (unpaired) electrons. The molecule has 6 N–H and O–H groups in total. The van der Waals surface area contributed by atoms with Crippen molar-refractivity contribution >= 4 is 27.1 Å². The first-order valence-electron chi connectivity index (χ1n) is 5.43. The largest absolute Gasteiger partial charge is 0.399 e. The summed E-state index contributed by atoms with van der Waals surface area (Å²) in [6.07, 6.45) is 0. The van der Waals surface area contributed by atoms with E-state index in [2.05, 4.69) is 0 Å². The second-order valence-electron chi connectivity index (χ2n) is 3.93. The van der Waals surface area contributed by atoms with Crippen LogP contribution in [0.4, 0.5) is 17.1 Å². The number of nitrogens with two attached hydrogens (primary N) is 3. The molecule has 7 heteroatoms. The normalized spacial score (nSPS) is 11.2. The summed E-state index contributed by atoms with van der Waals surface area (Å²) < 4.78 is 25.2. The lowest BCUT2D eigenvalue weighted by molar-refractivity contribution is 0.592. The lowest BCUT2D eigenvalue weighted by Gasteiger charge is -2.20. The Balaban J connectivity index is 2.47. The molecule has 2 aromatic carbocycles. The summed E-state index contributed by atoms with van der Waals surface area (Å²) in [5, 5.41) is 0. The Morgan fingerprint density at radius 1 is 0.947 bits per heavy atom. The summed E-state index contributed by atoms with van der Waals surface area (Å²) in [6, 6.07) is 12.3. The minimum absolute atomic E-state index is 0.0914. The van der Waals surface area contributed by atoms with Crippen LogP contribution in [0.1, 0.15) is 0 Å². The number of nitrogens with zero attached hydrogens (tertiary/aromatic N) is 1. The SMILES string of the molecule is Nc1ccc(N(N)S(=O)(=O)c2ccccc2)c(N)c1. The first-order chi connectivity index (χ1) is 8.93. The molecule has 0 atom stereocenters. The van der Waals surface area contributed by atoms with E-state index in [1.54, 1.807) is 18.2 Å². The van der Waals surface area contributed by atoms with Gasteiger partial charge in [0.25, 0.3) is 10.0 Å². The van der Waals surface area contributed by atoms with Crippen LogP contribution < -0.4 is 21.7 Å². The van der Waals surface area contributed by atoms with Crippen LogP contribution in [0.25, 0.3) is 0 Å². The standard InChI is InChI=1S/C12H14N4O2S/c13-9-6-7-12(11(14)8-9)16(15)19(17,18)10-4-2-1-3-5-10/h1-8H,13-15H2. The van der Waals surface area contributed by atoms with Crippen molar-refractivity contribution in [3.8, 4) is 0 Å². The second-order valence-corrected chi connectivity index (χ2v) is 5.75. The van der Waals surface area contributed by atoms with E-state index in [4.69, 9.17) is 17.3 Å². The monoisotopic (exact) mass is 278 g/mol. The first-order valence-corrected chi connectivity index (χ1v) is 6.87. The molecule has 19 heavy (non-hydrogen) atoms. The quantitative estimate of drug-likeness (QED) is 0.438. The van der Waals surface area contributed by atoms with Crippen molar-refractivity contribution < 1.29 is 8.42 Å². The first kappa shape index (κ1) is 13.2. The Morgan fingerprint density at radius 2 is 1.58 bits per heavy atom. The fourth-order valence-corrected chi connectivity index (χ4v) is 2.76. The Kier molecular flexibility index (Phi) is 3.32. The zero-order chi connectivity index (χ0) is 14.0. The van der Waals surface area contributed by atoms with Gasteiger partial charge in [-0.2, -0.15) is 12.8 Å². The van der Waals surface area contributed by atoms with Crippen LogP contribution in [-0.2, 0) is 10.0 Å². The molecule has 0 aliphatic carbocycles. The highest BCUT2D eigenvalue weighted by Crippen LogP contribution is 2.27. The fourth-order valence-electron chi connectivity index (χ4n) is 1.61. The summed E-state index contributed by atoms with van der Waals surface area (Å²) in [7, 11) is -3.84. The third-order valence-corrected chi connectivity index (χ3v) is 4.17. The van der Waals surface area contributed by atoms with Crippen molar-refractivity contribution in [2.45, 2.75) is 4.90 Å². The molecule has 0 fully saturated rings. The van der Waals surface area contributed by atoms with Crippen LogP contribution in [0.15, 0.2) is 53.4 Å². The van der Waals surface area contributed by atoms with Crippen LogP contribution in [0, 0.1) is 0 Å². The zero-order valence-corrected chi connectivity index (χ0v) is 10.8. The van der Waals surface area contributed by atoms with Gasteiger partial charge in [-0.25, -0.2) is 5.84 Å². The smallest absolute Gasteiger partial charge is 0.277 e. The summed E-state index contributed by atoms with van der Waals surface area (Å²) >= 11 is 0. The molecule has 6 nitrogen and oxygen atoms in total. The van der Waals surface area contributed by atoms with Crippen molar-refractivity contribution in [2.24, 2.45) is 5.84 Å². The molecule has 100 valence electrons. The molecule has 0 heterocycles. The van der Waals surface area contributed by atoms with Gasteiger partial charge in [0, 0.05) is 5.69 Å². The van der Waals surface area contributed by atoms with E-state index in [9.17, 15) is 8.42 Å². The molecule has 0 unspecified atom stereocenters. The lowest BCUT2D eigenvalue weighted by Crippen LogP contribution is -2.37. The van der Waals surface area contributed by atoms with Gasteiger partial charge >= 0.3 is 0 Å². The van der Waals surface area contributed by atoms with Gasteiger partial charge < -0.3 is 11.5 Å². The Bertz CT molecular complexity index is 686. The minimum Gasteiger partial charge on any atom is -0.399 e. The van der Waals surface area contributed by atoms with Gasteiger partial charge in [0.15, 0.2) is 0 Å². The van der Waals surface area contributed by atoms with Crippen LogP contribution in [0.3, 0.4) is 0 Å². The molecular weight excluding hydrogens is 264 g/mol. The number of hydrazine groups is 1. The van der Waals surface area contributed by atoms with Crippen LogP contribution in [0.5, 0.6) is 0 Å². The maximum Gasteiger partial charge on any atom is 0.277 e. The van der Waals surface area contributed by atoms with E-state index in [0.717, 1.165) is 0 Å². The second kappa shape index (κ2) is 4.79. The van der Waals surface area contributed by atoms with Gasteiger partial charge in [0.1, 0.15) is 0 Å². The van der Waals surface area contributed by atoms with Crippen LogP contribution >= 0.6 is 0 Å². The molecule has 0 saturated heterocycles. The summed E-state index contributed by atoms with van der Waals surface area (Å²) in [4.78, 5) is 0.0914. The Morgan fingerprint density at radius 3 is 2.16 bits per heavy atom. The van der Waals surface area contributed by atoms with E-state index in [1.807, 2.05) is 0 Å². The number of anilines is 3. The maximum atomic E-state index is 12.3. The minimum atomic E-state index is -3.84. The average molecular weight is 278 g/mol. The number of sulfonamides is 1. The number of hydrogen-bond acceptors (Lipinski definition) is 5. The Labute approximate surface area is 111 Å². The van der Waals surface area contributed by atoms with E-state index < -0.39 is 10.0 Å². The predicted octanol–water partition coefficient (Wildman–Crippen LogP) is 0.920. The van der Waals surface area contributed by atoms with Gasteiger partial charge in [-0.05, 0) is 30.3 Å². The molecule has 0 aliphatic rings. The molecule has 0 bridgehead atoms. The van der Waals surface area contributed by atoms with Crippen molar-refractivity contribution in [2.75, 3.05) is 15.9 Å². The highest BCUT2D eigenvalue weighted by Gasteiger charge is 2.23. The number of rotatable bonds is 3. The molecule has 2 aromatic rings. The molecule has 0 spiro atoms. The molecule has 2 rings (SSSR count). The lowest BCUT2D eigenvalue weighted by atomic mass is 10.2. The van der Waals surface area contributed by atoms with Crippen molar-refractivity contribution in [1.82, 2.24) is 0 Å². The van der Waals surface area contributed by atoms with Gasteiger partial charge in [-0.3, -0.25) is 0 Å². The van der Waals surface area contributed by atoms with Gasteiger partial charge in [0.2, 0.25) is 0 Å². The van der Waals surface area contributed by atoms with Gasteiger partial charge in [-0.1, -0.05) is 18.2 Å². The van der Waals surface area contributed by atoms with Gasteiger partial charge in [-0.15, -0.1) is 0 Å². The molecule has 0 amide bonds. The highest BCUT2D eigenvalue weighted by atomic mass is 32.2. The summed E-state index contributed by atoms with van der Waals surface area (Å²) in [6.45, 7) is 0. The van der Waals surface area contributed by atoms with Gasteiger partial charge in [0.05, 0.1) is 16.3 Å². The van der Waals surface area contributed by atoms with Crippen molar-refractivity contribution in [3.63, 3.8) is 0 Å². The number of nitrogen functional groups attached to an aromatic ring is 2. The molecular formula is C12H14N4O2S. The van der Waals surface area contributed by atoms with Crippen molar-refractivity contribution in [1.29, 1.82) is 0 Å². The highest BCUT2D eigenvalue weighted by molar-refractivity contribution is 7.92. The average Bonchev–Trinajstić information content (AvgIpc) is 2.39. The topological polar surface area (TPSA) is 115 Å². The molecule has 0 saturated carbocycles. The number of benzene rings is 2. The van der Waals surface area contributed by atoms with Crippen LogP contribution in [-0.4, -0.2) is 8.42 Å². The summed E-state index contributed by atoms with van der Waals surface area (Å²) in [5.74, 6) is 5.68. The molecule has 0 aromatic heterocycles. The maximum absolute atomic E-state index is 12.3. The third-order valence-electron chi connectivity index (χ3n) is 2.59. The fraction of sp³-hybridized carbons (Fsp3) is 0. The Hall–Kier alpha value is -2.25. The zero-order valence-electron chi connectivity index (χ0n) is 10.0. The molecule has 0 aliphatic heterocycles. The van der Waals surface area contributed by atoms with E-state index in [0.29, 0.717) is 10.1 Å². The van der Waals surface area contributed by atoms with E-state index in [-0.39, 0.29) is 16.3 Å². The third kappa shape index (κ3) is 2.47. The summed E-state index contributed by atoms with van der Waals surface area (Å²) in [5.41, 5.74) is 12.1. The number of hydrogen-bond donors (Lipinski definition) is 3. The van der Waals surface area contributed by atoms with Crippen molar-refractivity contribution in [3.05, 3.63) is 48.5 Å². The predicted molar refractivity (Wildman–Crippen MR) is 75.6 cm³/mol. The van der Waals surface area contributed by atoms with E-state index in [1.165, 1.54) is 30.3 Å². The van der Waals surface area contributed by atoms with E-state index >= 15 is 0 Å². The van der Waals surface area contributed by atoms with Crippen LogP contribution in [0.2, 0.25) is 0 Å².